The third-order valence-electron chi connectivity index (χ3n) is 4.97. The Bertz CT molecular complexity index is 1110. The molecule has 0 unspecified atom stereocenters. The third kappa shape index (κ3) is 4.73. The lowest BCUT2D eigenvalue weighted by Gasteiger charge is -2.30. The second kappa shape index (κ2) is 9.09. The quantitative estimate of drug-likeness (QED) is 0.417. The van der Waals surface area contributed by atoms with Crippen molar-refractivity contribution in [3.05, 3.63) is 67.6 Å². The van der Waals surface area contributed by atoms with Crippen molar-refractivity contribution in [2.24, 2.45) is 4.99 Å². The van der Waals surface area contributed by atoms with Crippen LogP contribution in [-0.4, -0.2) is 42.3 Å². The molecule has 0 bridgehead atoms. The van der Waals surface area contributed by atoms with Gasteiger partial charge in [-0.1, -0.05) is 17.7 Å². The second-order valence-corrected chi connectivity index (χ2v) is 8.40. The summed E-state index contributed by atoms with van der Waals surface area (Å²) in [5.41, 5.74) is 2.88. The molecule has 2 fully saturated rings. The number of morpholine rings is 1. The normalized spacial score (nSPS) is 19.2. The molecule has 2 aliphatic heterocycles. The number of nitrogens with zero attached hydrogens (tertiary/aromatic N) is 3. The zero-order chi connectivity index (χ0) is 22.0. The van der Waals surface area contributed by atoms with Gasteiger partial charge in [-0.05, 0) is 48.5 Å². The van der Waals surface area contributed by atoms with Crippen LogP contribution in [-0.2, 0) is 9.53 Å². The number of amidine groups is 1. The van der Waals surface area contributed by atoms with E-state index in [2.05, 4.69) is 15.2 Å². The number of non-ortho nitro benzene ring substituents is 1. The van der Waals surface area contributed by atoms with Gasteiger partial charge in [-0.15, -0.1) is 0 Å². The lowest BCUT2D eigenvalue weighted by molar-refractivity contribution is -0.384. The van der Waals surface area contributed by atoms with Crippen LogP contribution in [0.3, 0.4) is 0 Å². The van der Waals surface area contributed by atoms with Crippen LogP contribution in [0.15, 0.2) is 46.3 Å². The van der Waals surface area contributed by atoms with Crippen molar-refractivity contribution in [2.45, 2.75) is 6.92 Å². The summed E-state index contributed by atoms with van der Waals surface area (Å²) in [6.45, 7) is 4.37. The number of benzene rings is 2. The van der Waals surface area contributed by atoms with Crippen LogP contribution < -0.4 is 10.2 Å². The molecule has 2 aromatic carbocycles. The molecule has 8 nitrogen and oxygen atoms in total. The summed E-state index contributed by atoms with van der Waals surface area (Å²) < 4.78 is 5.40. The molecule has 4 rings (SSSR count). The van der Waals surface area contributed by atoms with Gasteiger partial charge < -0.3 is 15.0 Å². The first-order valence-corrected chi connectivity index (χ1v) is 10.8. The zero-order valence-electron chi connectivity index (χ0n) is 16.6. The number of nitrogens with one attached hydrogen (secondary N) is 1. The van der Waals surface area contributed by atoms with Gasteiger partial charge in [0, 0.05) is 41.5 Å². The number of ether oxygens (including phenoxy) is 1. The number of amides is 1. The fourth-order valence-corrected chi connectivity index (χ4v) is 4.31. The fraction of sp³-hybridized carbons (Fsp3) is 0.238. The van der Waals surface area contributed by atoms with E-state index in [-0.39, 0.29) is 11.6 Å². The molecular formula is C21H19ClN4O4S. The highest BCUT2D eigenvalue weighted by Crippen LogP contribution is 2.34. The van der Waals surface area contributed by atoms with E-state index in [1.165, 1.54) is 23.9 Å². The minimum Gasteiger partial charge on any atom is -0.378 e. The number of anilines is 1. The van der Waals surface area contributed by atoms with Gasteiger partial charge in [-0.3, -0.25) is 14.9 Å². The predicted molar refractivity (Wildman–Crippen MR) is 123 cm³/mol. The summed E-state index contributed by atoms with van der Waals surface area (Å²) in [6.07, 6.45) is 1.67. The Hall–Kier alpha value is -2.88. The molecule has 31 heavy (non-hydrogen) atoms. The van der Waals surface area contributed by atoms with Crippen molar-refractivity contribution in [1.29, 1.82) is 0 Å². The largest absolute Gasteiger partial charge is 0.378 e. The fourth-order valence-electron chi connectivity index (χ4n) is 3.31. The molecule has 2 aromatic rings. The standard InChI is InChI=1S/C21H19ClN4O4S/c1-13-16(22)3-2-4-17(13)23-21-24-20(27)19(31-21)12-14-11-15(26(28)29)5-6-18(14)25-7-9-30-10-8-25/h2-6,11-12H,7-10H2,1H3,(H,23,24,27)/b19-12-. The van der Waals surface area contributed by atoms with Crippen molar-refractivity contribution in [3.8, 4) is 0 Å². The average molecular weight is 459 g/mol. The molecule has 2 aliphatic rings. The van der Waals surface area contributed by atoms with Gasteiger partial charge >= 0.3 is 0 Å². The molecule has 0 aliphatic carbocycles. The number of hydrogen-bond acceptors (Lipinski definition) is 7. The van der Waals surface area contributed by atoms with E-state index in [1.807, 2.05) is 13.0 Å². The van der Waals surface area contributed by atoms with E-state index in [0.717, 1.165) is 11.3 Å². The summed E-state index contributed by atoms with van der Waals surface area (Å²) in [5, 5.41) is 15.1. The topological polar surface area (TPSA) is 97.1 Å². The maximum absolute atomic E-state index is 12.6. The number of thioether (sulfide) groups is 1. The van der Waals surface area contributed by atoms with Crippen LogP contribution in [0.25, 0.3) is 6.08 Å². The Balaban J connectivity index is 1.68. The van der Waals surface area contributed by atoms with E-state index in [0.29, 0.717) is 52.6 Å². The molecule has 1 N–H and O–H groups in total. The van der Waals surface area contributed by atoms with Gasteiger partial charge in [0.2, 0.25) is 0 Å². The van der Waals surface area contributed by atoms with Crippen LogP contribution >= 0.6 is 23.4 Å². The van der Waals surface area contributed by atoms with Crippen LogP contribution in [0, 0.1) is 17.0 Å². The zero-order valence-corrected chi connectivity index (χ0v) is 18.2. The third-order valence-corrected chi connectivity index (χ3v) is 6.29. The highest BCUT2D eigenvalue weighted by molar-refractivity contribution is 8.18. The minimum absolute atomic E-state index is 0.0318. The van der Waals surface area contributed by atoms with Crippen LogP contribution in [0.2, 0.25) is 5.02 Å². The summed E-state index contributed by atoms with van der Waals surface area (Å²) in [7, 11) is 0. The first kappa shape index (κ1) is 21.4. The molecular weight excluding hydrogens is 440 g/mol. The number of rotatable bonds is 4. The lowest BCUT2D eigenvalue weighted by atomic mass is 10.1. The summed E-state index contributed by atoms with van der Waals surface area (Å²) in [4.78, 5) is 30.4. The lowest BCUT2D eigenvalue weighted by Crippen LogP contribution is -2.36. The van der Waals surface area contributed by atoms with Crippen molar-refractivity contribution < 1.29 is 14.5 Å². The first-order chi connectivity index (χ1) is 14.9. The maximum atomic E-state index is 12.6. The number of nitro benzene ring substituents is 1. The highest BCUT2D eigenvalue weighted by atomic mass is 35.5. The minimum atomic E-state index is -0.443. The number of hydrogen-bond donors (Lipinski definition) is 1. The van der Waals surface area contributed by atoms with Gasteiger partial charge in [-0.2, -0.15) is 0 Å². The molecule has 2 heterocycles. The Labute approximate surface area is 188 Å². The first-order valence-electron chi connectivity index (χ1n) is 9.58. The van der Waals surface area contributed by atoms with Gasteiger partial charge in [0.05, 0.1) is 28.7 Å². The SMILES string of the molecule is Cc1c(Cl)cccc1N=C1NC(=O)/C(=C/c2cc([N+](=O)[O-])ccc2N2CCOCC2)S1. The number of carbonyl (C=O) groups is 1. The van der Waals surface area contributed by atoms with Crippen molar-refractivity contribution in [3.63, 3.8) is 0 Å². The maximum Gasteiger partial charge on any atom is 0.270 e. The van der Waals surface area contributed by atoms with Gasteiger partial charge in [0.25, 0.3) is 11.6 Å². The number of carbonyl (C=O) groups excluding carboxylic acids is 1. The van der Waals surface area contributed by atoms with E-state index in [9.17, 15) is 14.9 Å². The molecule has 0 radical (unpaired) electrons. The van der Waals surface area contributed by atoms with Crippen molar-refractivity contribution in [1.82, 2.24) is 5.32 Å². The Kier molecular flexibility index (Phi) is 6.26. The highest BCUT2D eigenvalue weighted by Gasteiger charge is 2.26. The molecule has 10 heteroatoms. The van der Waals surface area contributed by atoms with Crippen LogP contribution in [0.4, 0.5) is 17.1 Å². The Morgan fingerprint density at radius 1 is 1.29 bits per heavy atom. The number of aliphatic imine (C=N–C) groups is 1. The van der Waals surface area contributed by atoms with E-state index in [4.69, 9.17) is 16.3 Å². The van der Waals surface area contributed by atoms with E-state index in [1.54, 1.807) is 24.3 Å². The van der Waals surface area contributed by atoms with E-state index < -0.39 is 4.92 Å². The molecule has 2 saturated heterocycles. The van der Waals surface area contributed by atoms with Gasteiger partial charge in [0.15, 0.2) is 5.17 Å². The molecule has 1 amide bonds. The summed E-state index contributed by atoms with van der Waals surface area (Å²) in [5.74, 6) is -0.303. The van der Waals surface area contributed by atoms with Gasteiger partial charge in [-0.25, -0.2) is 4.99 Å². The van der Waals surface area contributed by atoms with Crippen LogP contribution in [0.1, 0.15) is 11.1 Å². The van der Waals surface area contributed by atoms with Crippen molar-refractivity contribution >= 4 is 57.6 Å². The van der Waals surface area contributed by atoms with E-state index >= 15 is 0 Å². The Morgan fingerprint density at radius 2 is 2.06 bits per heavy atom. The number of nitro groups is 1. The summed E-state index contributed by atoms with van der Waals surface area (Å²) in [6, 6.07) is 10.1. The summed E-state index contributed by atoms with van der Waals surface area (Å²) >= 11 is 7.34. The predicted octanol–water partition coefficient (Wildman–Crippen LogP) is 4.28. The smallest absolute Gasteiger partial charge is 0.270 e. The molecule has 160 valence electrons. The molecule has 0 atom stereocenters. The molecule has 0 aromatic heterocycles. The molecule has 0 saturated carbocycles. The number of halogens is 1. The monoisotopic (exact) mass is 458 g/mol. The average Bonchev–Trinajstić information content (AvgIpc) is 3.10. The van der Waals surface area contributed by atoms with Gasteiger partial charge in [0.1, 0.15) is 0 Å². The Morgan fingerprint density at radius 3 is 2.81 bits per heavy atom. The van der Waals surface area contributed by atoms with Crippen molar-refractivity contribution in [2.75, 3.05) is 31.2 Å². The van der Waals surface area contributed by atoms with Crippen LogP contribution in [0.5, 0.6) is 0 Å². The second-order valence-electron chi connectivity index (χ2n) is 6.97. The molecule has 0 spiro atoms.